The van der Waals surface area contributed by atoms with Gasteiger partial charge in [-0.05, 0) is 55.6 Å². The summed E-state index contributed by atoms with van der Waals surface area (Å²) in [4.78, 5) is 12.1. The Kier molecular flexibility index (Phi) is 10.4. The molecule has 0 aromatic heterocycles. The lowest BCUT2D eigenvalue weighted by atomic mass is 10.1. The first-order chi connectivity index (χ1) is 13.0. The molecule has 0 radical (unpaired) electrons. The number of carbonyl (C=O) groups is 1. The zero-order valence-electron chi connectivity index (χ0n) is 17.1. The predicted octanol–water partition coefficient (Wildman–Crippen LogP) is 4.58. The van der Waals surface area contributed by atoms with Gasteiger partial charge in [0, 0.05) is 12.2 Å². The Balaban J connectivity index is 0.00000392. The number of methoxy groups -OCH3 is 1. The first kappa shape index (κ1) is 23.8. The second-order valence-corrected chi connectivity index (χ2v) is 7.05. The Morgan fingerprint density at radius 1 is 1.07 bits per heavy atom. The van der Waals surface area contributed by atoms with Crippen LogP contribution in [0.1, 0.15) is 31.4 Å². The van der Waals surface area contributed by atoms with Crippen molar-refractivity contribution in [2.75, 3.05) is 25.6 Å². The zero-order chi connectivity index (χ0) is 19.6. The number of aryl methyl sites for hydroxylation is 1. The highest BCUT2D eigenvalue weighted by atomic mass is 35.5. The van der Waals surface area contributed by atoms with Gasteiger partial charge in [0.05, 0.1) is 7.11 Å². The summed E-state index contributed by atoms with van der Waals surface area (Å²) in [7, 11) is 1.60. The van der Waals surface area contributed by atoms with Crippen molar-refractivity contribution in [3.05, 3.63) is 53.6 Å². The van der Waals surface area contributed by atoms with Crippen molar-refractivity contribution >= 4 is 24.0 Å². The molecule has 0 aliphatic carbocycles. The van der Waals surface area contributed by atoms with Crippen LogP contribution in [0.25, 0.3) is 0 Å². The second-order valence-electron chi connectivity index (χ2n) is 7.05. The lowest BCUT2D eigenvalue weighted by Gasteiger charge is -2.13. The molecule has 6 heteroatoms. The molecule has 0 spiro atoms. The van der Waals surface area contributed by atoms with Crippen LogP contribution in [0.15, 0.2) is 42.5 Å². The maximum Gasteiger partial charge on any atom is 0.262 e. The van der Waals surface area contributed by atoms with Crippen LogP contribution in [0.2, 0.25) is 0 Å². The van der Waals surface area contributed by atoms with E-state index >= 15 is 0 Å². The Hall–Kier alpha value is -2.24. The molecule has 5 nitrogen and oxygen atoms in total. The number of benzene rings is 2. The zero-order valence-corrected chi connectivity index (χ0v) is 17.9. The monoisotopic (exact) mass is 406 g/mol. The van der Waals surface area contributed by atoms with E-state index in [1.165, 1.54) is 0 Å². The smallest absolute Gasteiger partial charge is 0.262 e. The highest BCUT2D eigenvalue weighted by Crippen LogP contribution is 2.28. The van der Waals surface area contributed by atoms with E-state index in [1.807, 2.05) is 49.4 Å². The van der Waals surface area contributed by atoms with Crippen LogP contribution in [-0.2, 0) is 11.3 Å². The van der Waals surface area contributed by atoms with Crippen LogP contribution in [0.3, 0.4) is 0 Å². The summed E-state index contributed by atoms with van der Waals surface area (Å²) in [5, 5.41) is 6.24. The first-order valence-electron chi connectivity index (χ1n) is 9.35. The summed E-state index contributed by atoms with van der Waals surface area (Å²) in [5.74, 6) is 1.66. The van der Waals surface area contributed by atoms with Crippen LogP contribution in [-0.4, -0.2) is 26.2 Å². The predicted molar refractivity (Wildman–Crippen MR) is 117 cm³/mol. The highest BCUT2D eigenvalue weighted by molar-refractivity contribution is 5.91. The molecule has 0 saturated carbocycles. The fourth-order valence-corrected chi connectivity index (χ4v) is 2.54. The summed E-state index contributed by atoms with van der Waals surface area (Å²) in [6, 6.07) is 13.4. The highest BCUT2D eigenvalue weighted by Gasteiger charge is 2.09. The topological polar surface area (TPSA) is 59.6 Å². The number of ether oxygens (including phenoxy) is 2. The first-order valence-corrected chi connectivity index (χ1v) is 9.35. The van der Waals surface area contributed by atoms with Crippen LogP contribution in [0.5, 0.6) is 11.5 Å². The van der Waals surface area contributed by atoms with E-state index < -0.39 is 0 Å². The maximum absolute atomic E-state index is 12.1. The van der Waals surface area contributed by atoms with Gasteiger partial charge in [0.1, 0.15) is 0 Å². The molecular weight excluding hydrogens is 376 g/mol. The van der Waals surface area contributed by atoms with Gasteiger partial charge in [0.2, 0.25) is 0 Å². The van der Waals surface area contributed by atoms with Gasteiger partial charge in [-0.2, -0.15) is 0 Å². The number of halogens is 1. The van der Waals surface area contributed by atoms with E-state index in [-0.39, 0.29) is 24.9 Å². The van der Waals surface area contributed by atoms with E-state index in [9.17, 15) is 4.79 Å². The molecule has 0 aliphatic heterocycles. The van der Waals surface area contributed by atoms with Gasteiger partial charge in [0.25, 0.3) is 5.91 Å². The minimum absolute atomic E-state index is 0. The third-order valence-corrected chi connectivity index (χ3v) is 4.15. The summed E-state index contributed by atoms with van der Waals surface area (Å²) in [5.41, 5.74) is 3.02. The van der Waals surface area contributed by atoms with Gasteiger partial charge in [-0.25, -0.2) is 0 Å². The standard InChI is InChI=1S/C22H30N2O3.ClH/c1-16(2)11-12-23-14-18-7-10-20(21(13-18)26-4)27-15-22(25)24-19-8-5-17(3)6-9-19;/h5-10,13,16,23H,11-12,14-15H2,1-4H3,(H,24,25);1H. The average molecular weight is 407 g/mol. The van der Waals surface area contributed by atoms with Crippen molar-refractivity contribution in [1.29, 1.82) is 0 Å². The van der Waals surface area contributed by atoms with E-state index in [0.29, 0.717) is 17.4 Å². The molecule has 28 heavy (non-hydrogen) atoms. The molecule has 0 saturated heterocycles. The molecule has 2 rings (SSSR count). The molecule has 2 aromatic rings. The summed E-state index contributed by atoms with van der Waals surface area (Å²) in [6.45, 7) is 8.12. The van der Waals surface area contributed by atoms with E-state index in [1.54, 1.807) is 7.11 Å². The minimum Gasteiger partial charge on any atom is -0.493 e. The Labute approximate surface area is 174 Å². The lowest BCUT2D eigenvalue weighted by molar-refractivity contribution is -0.118. The fourth-order valence-electron chi connectivity index (χ4n) is 2.54. The Morgan fingerprint density at radius 3 is 2.43 bits per heavy atom. The van der Waals surface area contributed by atoms with Gasteiger partial charge in [-0.15, -0.1) is 12.4 Å². The molecule has 0 atom stereocenters. The number of nitrogens with one attached hydrogen (secondary N) is 2. The van der Waals surface area contributed by atoms with Crippen LogP contribution >= 0.6 is 12.4 Å². The molecule has 2 aromatic carbocycles. The van der Waals surface area contributed by atoms with Gasteiger partial charge >= 0.3 is 0 Å². The third kappa shape index (κ3) is 8.19. The summed E-state index contributed by atoms with van der Waals surface area (Å²) >= 11 is 0. The quantitative estimate of drug-likeness (QED) is 0.567. The second kappa shape index (κ2) is 12.3. The molecule has 1 amide bonds. The molecule has 154 valence electrons. The molecule has 0 heterocycles. The Morgan fingerprint density at radius 2 is 1.79 bits per heavy atom. The molecule has 2 N–H and O–H groups in total. The Bertz CT molecular complexity index is 733. The average Bonchev–Trinajstić information content (AvgIpc) is 2.65. The maximum atomic E-state index is 12.1. The van der Waals surface area contributed by atoms with Crippen molar-refractivity contribution in [2.45, 2.75) is 33.7 Å². The normalized spacial score (nSPS) is 10.3. The molecule has 0 aliphatic rings. The number of rotatable bonds is 10. The number of carbonyl (C=O) groups excluding carboxylic acids is 1. The van der Waals surface area contributed by atoms with Crippen molar-refractivity contribution in [2.24, 2.45) is 5.92 Å². The third-order valence-electron chi connectivity index (χ3n) is 4.15. The van der Waals surface area contributed by atoms with E-state index in [2.05, 4.69) is 24.5 Å². The van der Waals surface area contributed by atoms with Crippen molar-refractivity contribution < 1.29 is 14.3 Å². The van der Waals surface area contributed by atoms with E-state index in [0.717, 1.165) is 36.3 Å². The number of hydrogen-bond donors (Lipinski definition) is 2. The number of amides is 1. The summed E-state index contributed by atoms with van der Waals surface area (Å²) in [6.07, 6.45) is 1.15. The number of anilines is 1. The number of hydrogen-bond acceptors (Lipinski definition) is 4. The lowest BCUT2D eigenvalue weighted by Crippen LogP contribution is -2.20. The van der Waals surface area contributed by atoms with Crippen molar-refractivity contribution in [3.63, 3.8) is 0 Å². The van der Waals surface area contributed by atoms with Gasteiger partial charge in [-0.1, -0.05) is 37.6 Å². The molecule has 0 bridgehead atoms. The van der Waals surface area contributed by atoms with Crippen LogP contribution in [0, 0.1) is 12.8 Å². The van der Waals surface area contributed by atoms with Gasteiger partial charge in [-0.3, -0.25) is 4.79 Å². The molecular formula is C22H31ClN2O3. The van der Waals surface area contributed by atoms with Crippen LogP contribution < -0.4 is 20.1 Å². The van der Waals surface area contributed by atoms with Gasteiger partial charge in [0.15, 0.2) is 18.1 Å². The van der Waals surface area contributed by atoms with Crippen molar-refractivity contribution in [1.82, 2.24) is 5.32 Å². The van der Waals surface area contributed by atoms with E-state index in [4.69, 9.17) is 9.47 Å². The minimum atomic E-state index is -0.208. The molecule has 0 unspecified atom stereocenters. The largest absolute Gasteiger partial charge is 0.493 e. The summed E-state index contributed by atoms with van der Waals surface area (Å²) < 4.78 is 11.1. The van der Waals surface area contributed by atoms with Gasteiger partial charge < -0.3 is 20.1 Å². The van der Waals surface area contributed by atoms with Crippen LogP contribution in [0.4, 0.5) is 5.69 Å². The molecule has 0 fully saturated rings. The van der Waals surface area contributed by atoms with Crippen molar-refractivity contribution in [3.8, 4) is 11.5 Å². The fraction of sp³-hybridized carbons (Fsp3) is 0.409. The SMILES string of the molecule is COc1cc(CNCCC(C)C)ccc1OCC(=O)Nc1ccc(C)cc1.Cl.